The Balaban J connectivity index is 1.22. The second-order valence-corrected chi connectivity index (χ2v) is 24.4. The van der Waals surface area contributed by atoms with Gasteiger partial charge in [-0.3, -0.25) is 0 Å². The summed E-state index contributed by atoms with van der Waals surface area (Å²) in [6.45, 7) is 30.3. The van der Waals surface area contributed by atoms with Gasteiger partial charge >= 0.3 is 283 Å². The molecule has 8 aliphatic rings. The number of rotatable bonds is 8. The Morgan fingerprint density at radius 1 is 0.356 bits per heavy atom. The summed E-state index contributed by atoms with van der Waals surface area (Å²) < 4.78 is 31.4. The van der Waals surface area contributed by atoms with E-state index in [4.69, 9.17) is 13.3 Å². The van der Waals surface area contributed by atoms with Crippen molar-refractivity contribution in [2.75, 3.05) is 0 Å². The van der Waals surface area contributed by atoms with Crippen LogP contribution in [0.15, 0.2) is 0 Å². The van der Waals surface area contributed by atoms with Gasteiger partial charge in [0.1, 0.15) is 0 Å². The van der Waals surface area contributed by atoms with E-state index >= 15 is 0 Å². The molecule has 8 fully saturated rings. The molecule has 12 unspecified atom stereocenters. The van der Waals surface area contributed by atoms with Crippen LogP contribution in [0.25, 0.3) is 0 Å². The van der Waals surface area contributed by atoms with E-state index in [9.17, 15) is 0 Å². The summed E-state index contributed by atoms with van der Waals surface area (Å²) in [7, 11) is 0. The van der Waals surface area contributed by atoms with Crippen LogP contribution < -0.4 is 0 Å². The predicted molar refractivity (Wildman–Crippen MR) is 176 cm³/mol. The maximum atomic E-state index is 7.84. The van der Waals surface area contributed by atoms with Crippen LogP contribution in [0.4, 0.5) is 0 Å². The van der Waals surface area contributed by atoms with Crippen molar-refractivity contribution in [1.29, 1.82) is 0 Å². The molecule has 45 heavy (non-hydrogen) atoms. The molecular formula is C40H68O4Ti. The molecule has 8 bridgehead atoms. The van der Waals surface area contributed by atoms with E-state index in [2.05, 4.69) is 83.1 Å². The molecule has 0 aromatic heterocycles. The van der Waals surface area contributed by atoms with E-state index < -0.39 is 18.1 Å². The van der Waals surface area contributed by atoms with Gasteiger partial charge in [0.05, 0.1) is 0 Å². The van der Waals surface area contributed by atoms with Gasteiger partial charge < -0.3 is 0 Å². The van der Waals surface area contributed by atoms with Crippen molar-refractivity contribution in [2.24, 2.45) is 67.0 Å². The normalized spacial score (nSPS) is 55.2. The Labute approximate surface area is 281 Å². The number of hydrogen-bond donors (Lipinski definition) is 0. The monoisotopic (exact) mass is 660 g/mol. The SMILES string of the molecule is CC1(C)C2CCC1(C)C([O][Ti]([O]C1CC3CCC1(C)C3(C)C)([O]C1CC3CCC1(C)C3(C)C)[O]C1CC3CCC1(C)C3(C)C)C2. The minimum absolute atomic E-state index is 0.137. The van der Waals surface area contributed by atoms with Crippen molar-refractivity contribution in [1.82, 2.24) is 0 Å². The molecule has 0 amide bonds. The van der Waals surface area contributed by atoms with Crippen molar-refractivity contribution in [3.8, 4) is 0 Å². The van der Waals surface area contributed by atoms with E-state index in [0.717, 1.165) is 25.7 Å². The molecule has 4 nitrogen and oxygen atoms in total. The van der Waals surface area contributed by atoms with E-state index in [-0.39, 0.29) is 67.7 Å². The first-order valence-corrected chi connectivity index (χ1v) is 21.9. The van der Waals surface area contributed by atoms with Crippen LogP contribution in [0.5, 0.6) is 0 Å². The average Bonchev–Trinajstić information content (AvgIpc) is 3.68. The summed E-state index contributed by atoms with van der Waals surface area (Å²) in [6.07, 6.45) is 15.5. The van der Waals surface area contributed by atoms with E-state index in [1.54, 1.807) is 0 Å². The second-order valence-electron chi connectivity index (χ2n) is 21.4. The molecular weight excluding hydrogens is 592 g/mol. The predicted octanol–water partition coefficient (Wildman–Crippen LogP) is 10.7. The molecule has 0 N–H and O–H groups in total. The Kier molecular flexibility index (Phi) is 6.88. The van der Waals surface area contributed by atoms with Gasteiger partial charge in [-0.25, -0.2) is 0 Å². The van der Waals surface area contributed by atoms with Gasteiger partial charge in [0, 0.05) is 0 Å². The van der Waals surface area contributed by atoms with Crippen LogP contribution in [0, 0.1) is 67.0 Å². The molecule has 0 spiro atoms. The zero-order valence-electron chi connectivity index (χ0n) is 31.2. The molecule has 0 heterocycles. The molecule has 0 radical (unpaired) electrons. The van der Waals surface area contributed by atoms with E-state index in [1.807, 2.05) is 0 Å². The standard InChI is InChI=1S/4C10H17O.Ti/c4*1-9(2)7-4-5-10(9,3)8(11)6-7;/h4*7-8H,4-6H2,1-3H3;/q4*-1;+4. The Hall–Kier alpha value is 0.554. The number of fused-ring (bicyclic) bond motifs is 8. The summed E-state index contributed by atoms with van der Waals surface area (Å²) in [5.41, 5.74) is 1.63. The van der Waals surface area contributed by atoms with Gasteiger partial charge in [0.2, 0.25) is 0 Å². The Morgan fingerprint density at radius 2 is 0.556 bits per heavy atom. The van der Waals surface area contributed by atoms with Crippen molar-refractivity contribution < 1.29 is 31.4 Å². The van der Waals surface area contributed by atoms with Gasteiger partial charge in [-0.15, -0.1) is 0 Å². The third-order valence-electron chi connectivity index (χ3n) is 20.0. The third-order valence-corrected chi connectivity index (χ3v) is 23.6. The van der Waals surface area contributed by atoms with Crippen LogP contribution >= 0.6 is 0 Å². The van der Waals surface area contributed by atoms with Crippen LogP contribution in [0.2, 0.25) is 0 Å². The molecule has 12 atom stereocenters. The van der Waals surface area contributed by atoms with Crippen molar-refractivity contribution in [3.63, 3.8) is 0 Å². The van der Waals surface area contributed by atoms with E-state index in [1.165, 1.54) is 51.4 Å². The molecule has 0 aliphatic heterocycles. The summed E-state index contributed by atoms with van der Waals surface area (Å²) in [5.74, 6) is 2.85. The summed E-state index contributed by atoms with van der Waals surface area (Å²) in [4.78, 5) is 0. The first-order chi connectivity index (χ1) is 20.7. The second kappa shape index (κ2) is 9.45. The summed E-state index contributed by atoms with van der Waals surface area (Å²) in [5, 5.41) is 0. The van der Waals surface area contributed by atoms with Crippen LogP contribution in [-0.2, 0) is 31.4 Å². The molecule has 8 rings (SSSR count). The van der Waals surface area contributed by atoms with Gasteiger partial charge in [-0.05, 0) is 0 Å². The Morgan fingerprint density at radius 3 is 0.689 bits per heavy atom. The van der Waals surface area contributed by atoms with Gasteiger partial charge in [-0.1, -0.05) is 0 Å². The molecule has 0 aromatic carbocycles. The van der Waals surface area contributed by atoms with Gasteiger partial charge in [-0.2, -0.15) is 0 Å². The summed E-state index contributed by atoms with van der Waals surface area (Å²) in [6, 6.07) is 0. The van der Waals surface area contributed by atoms with Crippen LogP contribution in [0.3, 0.4) is 0 Å². The quantitative estimate of drug-likeness (QED) is 0.243. The van der Waals surface area contributed by atoms with Crippen LogP contribution in [0.1, 0.15) is 160 Å². The molecule has 5 heteroatoms. The molecule has 0 saturated heterocycles. The molecule has 256 valence electrons. The fraction of sp³-hybridized carbons (Fsp3) is 1.00. The summed E-state index contributed by atoms with van der Waals surface area (Å²) >= 11 is -4.41. The van der Waals surface area contributed by atoms with Gasteiger partial charge in [0.15, 0.2) is 0 Å². The maximum absolute atomic E-state index is 7.84. The molecule has 0 aromatic rings. The van der Waals surface area contributed by atoms with E-state index in [0.29, 0.717) is 23.7 Å². The molecule has 8 saturated carbocycles. The zero-order valence-corrected chi connectivity index (χ0v) is 32.8. The zero-order chi connectivity index (χ0) is 32.4. The Bertz CT molecular complexity index is 1050. The third kappa shape index (κ3) is 3.86. The van der Waals surface area contributed by atoms with Gasteiger partial charge in [0.25, 0.3) is 0 Å². The fourth-order valence-electron chi connectivity index (χ4n) is 14.1. The fourth-order valence-corrected chi connectivity index (χ4v) is 19.0. The van der Waals surface area contributed by atoms with Crippen molar-refractivity contribution in [3.05, 3.63) is 0 Å². The van der Waals surface area contributed by atoms with Crippen LogP contribution in [-0.4, -0.2) is 24.4 Å². The average molecular weight is 661 g/mol. The van der Waals surface area contributed by atoms with Crippen molar-refractivity contribution >= 4 is 0 Å². The first kappa shape index (κ1) is 32.7. The first-order valence-electron chi connectivity index (χ1n) is 19.4. The number of hydrogen-bond acceptors (Lipinski definition) is 4. The topological polar surface area (TPSA) is 36.9 Å². The van der Waals surface area contributed by atoms with Crippen molar-refractivity contribution in [2.45, 2.75) is 185 Å². The minimum atomic E-state index is -4.41. The molecule has 8 aliphatic carbocycles.